The van der Waals surface area contributed by atoms with Gasteiger partial charge >= 0.3 is 0 Å². The van der Waals surface area contributed by atoms with Gasteiger partial charge in [0.25, 0.3) is 5.69 Å². The van der Waals surface area contributed by atoms with Crippen LogP contribution in [-0.4, -0.2) is 24.4 Å². The summed E-state index contributed by atoms with van der Waals surface area (Å²) in [5.41, 5.74) is 0.698. The number of aromatic nitrogens is 3. The van der Waals surface area contributed by atoms with Gasteiger partial charge in [0.2, 0.25) is 6.30 Å². The highest BCUT2D eigenvalue weighted by molar-refractivity contribution is 5.84. The number of aryl methyl sites for hydroxylation is 1. The number of nitro groups is 1. The van der Waals surface area contributed by atoms with Crippen molar-refractivity contribution < 1.29 is 18.8 Å². The van der Waals surface area contributed by atoms with Gasteiger partial charge in [-0.2, -0.15) is 5.10 Å². The number of rotatable bonds is 5. The van der Waals surface area contributed by atoms with Crippen molar-refractivity contribution in [2.24, 2.45) is 0 Å². The van der Waals surface area contributed by atoms with Crippen molar-refractivity contribution in [3.8, 4) is 5.69 Å². The highest BCUT2D eigenvalue weighted by Gasteiger charge is 2.37. The van der Waals surface area contributed by atoms with Gasteiger partial charge in [-0.1, -0.05) is 6.07 Å². The minimum Gasteiger partial charge on any atom is -0.380 e. The molecule has 34 heavy (non-hydrogen) atoms. The average Bonchev–Trinajstić information content (AvgIpc) is 3.38. The van der Waals surface area contributed by atoms with Gasteiger partial charge in [0.05, 0.1) is 27.8 Å². The Hall–Kier alpha value is -4.11. The SMILES string of the molecule is Cc1cc2cc([N+](=O)[O-])ccc2n1C(F)C(C)(O)c1ccc2c(cnn2-c2ccc(F)cc2)c1. The van der Waals surface area contributed by atoms with E-state index in [0.29, 0.717) is 33.2 Å². The van der Waals surface area contributed by atoms with Crippen molar-refractivity contribution in [3.63, 3.8) is 0 Å². The number of hydrogen-bond acceptors (Lipinski definition) is 4. The van der Waals surface area contributed by atoms with Crippen molar-refractivity contribution in [3.05, 3.63) is 100 Å². The maximum absolute atomic E-state index is 15.9. The lowest BCUT2D eigenvalue weighted by atomic mass is 9.93. The number of fused-ring (bicyclic) bond motifs is 2. The summed E-state index contributed by atoms with van der Waals surface area (Å²) in [6.07, 6.45) is -0.267. The number of benzene rings is 3. The van der Waals surface area contributed by atoms with Gasteiger partial charge in [0, 0.05) is 28.6 Å². The van der Waals surface area contributed by atoms with E-state index in [1.807, 2.05) is 0 Å². The average molecular weight is 462 g/mol. The van der Waals surface area contributed by atoms with E-state index in [2.05, 4.69) is 5.10 Å². The molecule has 5 rings (SSSR count). The second kappa shape index (κ2) is 7.74. The molecule has 1 N–H and O–H groups in total. The first-order valence-electron chi connectivity index (χ1n) is 10.5. The zero-order valence-electron chi connectivity index (χ0n) is 18.3. The molecule has 5 aromatic rings. The maximum atomic E-state index is 15.9. The van der Waals surface area contributed by atoms with Gasteiger partial charge in [-0.3, -0.25) is 10.1 Å². The van der Waals surface area contributed by atoms with Crippen LogP contribution in [0.5, 0.6) is 0 Å². The molecule has 2 unspecified atom stereocenters. The minimum atomic E-state index is -1.91. The van der Waals surface area contributed by atoms with Crippen LogP contribution in [0.4, 0.5) is 14.5 Å². The maximum Gasteiger partial charge on any atom is 0.270 e. The number of nitrogens with zero attached hydrogens (tertiary/aromatic N) is 4. The van der Waals surface area contributed by atoms with Crippen molar-refractivity contribution in [1.82, 2.24) is 14.3 Å². The Kier molecular flexibility index (Phi) is 4.94. The molecular weight excluding hydrogens is 442 g/mol. The Balaban J connectivity index is 1.54. The summed E-state index contributed by atoms with van der Waals surface area (Å²) in [5, 5.41) is 27.9. The summed E-state index contributed by atoms with van der Waals surface area (Å²) in [7, 11) is 0. The van der Waals surface area contributed by atoms with Crippen LogP contribution in [0.15, 0.2) is 72.9 Å². The summed E-state index contributed by atoms with van der Waals surface area (Å²) >= 11 is 0. The van der Waals surface area contributed by atoms with E-state index in [0.717, 1.165) is 5.52 Å². The van der Waals surface area contributed by atoms with E-state index in [1.54, 1.807) is 54.2 Å². The number of non-ortho nitro benzene ring substituents is 1. The van der Waals surface area contributed by atoms with E-state index in [1.165, 1.54) is 41.8 Å². The highest BCUT2D eigenvalue weighted by atomic mass is 19.1. The molecule has 9 heteroatoms. The summed E-state index contributed by atoms with van der Waals surface area (Å²) in [4.78, 5) is 10.6. The quantitative estimate of drug-likeness (QED) is 0.268. The van der Waals surface area contributed by atoms with Crippen molar-refractivity contribution in [2.45, 2.75) is 25.7 Å². The summed E-state index contributed by atoms with van der Waals surface area (Å²) in [6.45, 7) is 3.07. The number of nitro benzene ring substituents is 1. The van der Waals surface area contributed by atoms with E-state index >= 15 is 4.39 Å². The summed E-state index contributed by atoms with van der Waals surface area (Å²) < 4.78 is 32.2. The van der Waals surface area contributed by atoms with Crippen molar-refractivity contribution >= 4 is 27.5 Å². The molecule has 0 amide bonds. The van der Waals surface area contributed by atoms with Crippen LogP contribution >= 0.6 is 0 Å². The van der Waals surface area contributed by atoms with Crippen LogP contribution < -0.4 is 0 Å². The number of hydrogen-bond donors (Lipinski definition) is 1. The molecule has 2 heterocycles. The second-order valence-corrected chi connectivity index (χ2v) is 8.45. The molecule has 3 aromatic carbocycles. The first-order chi connectivity index (χ1) is 16.2. The molecule has 0 bridgehead atoms. The van der Waals surface area contributed by atoms with Crippen LogP contribution in [0.25, 0.3) is 27.5 Å². The van der Waals surface area contributed by atoms with Crippen molar-refractivity contribution in [1.29, 1.82) is 0 Å². The number of halogens is 2. The molecule has 0 spiro atoms. The fourth-order valence-electron chi connectivity index (χ4n) is 4.30. The standard InChI is InChI=1S/C25H20F2N4O3/c1-15-11-16-13-21(31(33)34)8-10-22(16)29(15)24(27)25(2,32)18-3-9-23-17(12-18)14-28-30(23)20-6-4-19(26)5-7-20/h3-14,24,32H,1-2H3. The second-order valence-electron chi connectivity index (χ2n) is 8.45. The highest BCUT2D eigenvalue weighted by Crippen LogP contribution is 2.39. The first-order valence-corrected chi connectivity index (χ1v) is 10.5. The lowest BCUT2D eigenvalue weighted by Crippen LogP contribution is -2.31. The summed E-state index contributed by atoms with van der Waals surface area (Å²) in [5.74, 6) is -0.352. The monoisotopic (exact) mass is 462 g/mol. The fraction of sp³-hybridized carbons (Fsp3) is 0.160. The Labute approximate surface area is 192 Å². The Bertz CT molecular complexity index is 1550. The Morgan fingerprint density at radius 1 is 1.03 bits per heavy atom. The Morgan fingerprint density at radius 3 is 2.44 bits per heavy atom. The van der Waals surface area contributed by atoms with Gasteiger partial charge in [-0.05, 0) is 67.9 Å². The molecule has 0 saturated carbocycles. The topological polar surface area (TPSA) is 86.1 Å². The predicted molar refractivity (Wildman–Crippen MR) is 124 cm³/mol. The van der Waals surface area contributed by atoms with Gasteiger partial charge in [-0.25, -0.2) is 13.5 Å². The first kappa shape index (κ1) is 21.7. The molecule has 2 aromatic heterocycles. The van der Waals surface area contributed by atoms with Gasteiger partial charge < -0.3 is 9.67 Å². The van der Waals surface area contributed by atoms with E-state index in [9.17, 15) is 19.6 Å². The number of aliphatic hydroxyl groups is 1. The van der Waals surface area contributed by atoms with E-state index in [4.69, 9.17) is 0 Å². The zero-order valence-corrected chi connectivity index (χ0v) is 18.3. The van der Waals surface area contributed by atoms with Gasteiger partial charge in [0.1, 0.15) is 11.4 Å². The van der Waals surface area contributed by atoms with Crippen LogP contribution in [0.1, 0.15) is 24.5 Å². The molecule has 0 aliphatic rings. The van der Waals surface area contributed by atoms with E-state index in [-0.39, 0.29) is 11.5 Å². The van der Waals surface area contributed by atoms with Gasteiger partial charge in [0.15, 0.2) is 0 Å². The summed E-state index contributed by atoms with van der Waals surface area (Å²) in [6, 6.07) is 16.8. The van der Waals surface area contributed by atoms with Crippen LogP contribution in [0, 0.1) is 22.9 Å². The molecule has 0 saturated heterocycles. The largest absolute Gasteiger partial charge is 0.380 e. The molecule has 0 aliphatic heterocycles. The fourth-order valence-corrected chi connectivity index (χ4v) is 4.30. The molecule has 0 aliphatic carbocycles. The normalized spacial score (nSPS) is 14.4. The van der Waals surface area contributed by atoms with Crippen molar-refractivity contribution in [2.75, 3.05) is 0 Å². The zero-order chi connectivity index (χ0) is 24.2. The molecule has 0 fully saturated rings. The Morgan fingerprint density at radius 2 is 1.74 bits per heavy atom. The molecule has 172 valence electrons. The van der Waals surface area contributed by atoms with Crippen LogP contribution in [0.2, 0.25) is 0 Å². The predicted octanol–water partition coefficient (Wildman–Crippen LogP) is 5.71. The smallest absolute Gasteiger partial charge is 0.270 e. The van der Waals surface area contributed by atoms with Crippen LogP contribution in [0.3, 0.4) is 0 Å². The lowest BCUT2D eigenvalue weighted by Gasteiger charge is -2.30. The lowest BCUT2D eigenvalue weighted by molar-refractivity contribution is -0.384. The molecule has 2 atom stereocenters. The van der Waals surface area contributed by atoms with E-state index < -0.39 is 16.8 Å². The third-order valence-corrected chi connectivity index (χ3v) is 6.14. The van der Waals surface area contributed by atoms with Gasteiger partial charge in [-0.15, -0.1) is 0 Å². The van der Waals surface area contributed by atoms with Crippen LogP contribution in [-0.2, 0) is 5.60 Å². The number of alkyl halides is 1. The third kappa shape index (κ3) is 3.41. The minimum absolute atomic E-state index is 0.0876. The molecular formula is C25H20F2N4O3. The molecule has 7 nitrogen and oxygen atoms in total. The molecule has 0 radical (unpaired) electrons. The third-order valence-electron chi connectivity index (χ3n) is 6.14.